The van der Waals surface area contributed by atoms with Crippen LogP contribution in [0.4, 0.5) is 5.69 Å². The average molecular weight is 519 g/mol. The molecule has 4 N–H and O–H groups in total. The van der Waals surface area contributed by atoms with Crippen LogP contribution in [-0.4, -0.2) is 37.5 Å². The number of methoxy groups -OCH3 is 1. The van der Waals surface area contributed by atoms with Crippen molar-refractivity contribution in [3.05, 3.63) is 75.8 Å². The van der Waals surface area contributed by atoms with Gasteiger partial charge in [-0.1, -0.05) is 54.9 Å². The highest BCUT2D eigenvalue weighted by atomic mass is 35.5. The number of ether oxygens (including phenoxy) is 1. The Balaban J connectivity index is 1.73. The molecule has 7 nitrogen and oxygen atoms in total. The molecule has 0 spiro atoms. The van der Waals surface area contributed by atoms with Gasteiger partial charge in [-0.3, -0.25) is 9.59 Å². The first-order chi connectivity index (χ1) is 17.8. The van der Waals surface area contributed by atoms with Crippen LogP contribution in [0, 0.1) is 6.92 Å². The normalized spacial score (nSPS) is 14.8. The van der Waals surface area contributed by atoms with Crippen LogP contribution in [0.15, 0.2) is 54.1 Å². The summed E-state index contributed by atoms with van der Waals surface area (Å²) >= 11 is 6.99. The maximum absolute atomic E-state index is 12.8. The van der Waals surface area contributed by atoms with Gasteiger partial charge in [-0.15, -0.1) is 0 Å². The molecule has 0 aliphatic heterocycles. The van der Waals surface area contributed by atoms with Gasteiger partial charge in [-0.2, -0.15) is 0 Å². The predicted octanol–water partition coefficient (Wildman–Crippen LogP) is 5.01. The molecule has 1 aliphatic rings. The molecule has 2 amide bonds. The van der Waals surface area contributed by atoms with Crippen molar-refractivity contribution in [3.63, 3.8) is 0 Å². The second kappa shape index (κ2) is 11.2. The minimum absolute atomic E-state index is 0.0409. The molecule has 1 heterocycles. The van der Waals surface area contributed by atoms with Gasteiger partial charge in [-0.05, 0) is 54.5 Å². The molecule has 1 aromatic heterocycles. The lowest BCUT2D eigenvalue weighted by molar-refractivity contribution is -0.121. The van der Waals surface area contributed by atoms with E-state index in [0.717, 1.165) is 40.8 Å². The SMILES string of the molecule is CNC(=O)/C(=C\CN)C(=O)Nc1cccc(-c2cccc(-c3cc4c(c(OC)n3)C(C)CC4)c2Cl)c1C. The first-order valence-electron chi connectivity index (χ1n) is 12.2. The molecule has 0 radical (unpaired) electrons. The van der Waals surface area contributed by atoms with Crippen molar-refractivity contribution in [1.29, 1.82) is 0 Å². The lowest BCUT2D eigenvalue weighted by atomic mass is 9.95. The van der Waals surface area contributed by atoms with Gasteiger partial charge >= 0.3 is 0 Å². The number of nitrogens with zero attached hydrogens (tertiary/aromatic N) is 1. The second-order valence-electron chi connectivity index (χ2n) is 9.06. The number of aryl methyl sites for hydroxylation is 1. The van der Waals surface area contributed by atoms with Crippen LogP contribution in [0.25, 0.3) is 22.4 Å². The molecule has 0 saturated carbocycles. The van der Waals surface area contributed by atoms with Crippen molar-refractivity contribution in [3.8, 4) is 28.3 Å². The maximum atomic E-state index is 12.8. The van der Waals surface area contributed by atoms with Crippen molar-refractivity contribution in [2.45, 2.75) is 32.6 Å². The Bertz CT molecular complexity index is 1400. The number of aromatic nitrogens is 1. The van der Waals surface area contributed by atoms with E-state index in [1.807, 2.05) is 37.3 Å². The number of hydrogen-bond acceptors (Lipinski definition) is 5. The zero-order valence-corrected chi connectivity index (χ0v) is 22.2. The minimum Gasteiger partial charge on any atom is -0.481 e. The average Bonchev–Trinajstić information content (AvgIpc) is 3.28. The number of carbonyl (C=O) groups is 2. The number of hydrogen-bond donors (Lipinski definition) is 3. The Morgan fingerprint density at radius 1 is 1.16 bits per heavy atom. The number of halogens is 1. The Kier molecular flexibility index (Phi) is 7.95. The number of rotatable bonds is 7. The van der Waals surface area contributed by atoms with Crippen molar-refractivity contribution < 1.29 is 14.3 Å². The fraction of sp³-hybridized carbons (Fsp3) is 0.276. The number of fused-ring (bicyclic) bond motifs is 1. The van der Waals surface area contributed by atoms with Crippen LogP contribution in [0.5, 0.6) is 5.88 Å². The Morgan fingerprint density at radius 3 is 2.57 bits per heavy atom. The molecule has 4 rings (SSSR count). The van der Waals surface area contributed by atoms with Crippen LogP contribution < -0.4 is 21.1 Å². The number of anilines is 1. The molecule has 2 aromatic carbocycles. The van der Waals surface area contributed by atoms with Gasteiger partial charge in [0.25, 0.3) is 11.8 Å². The maximum Gasteiger partial charge on any atom is 0.260 e. The molecule has 192 valence electrons. The molecule has 3 aromatic rings. The van der Waals surface area contributed by atoms with Crippen molar-refractivity contribution >= 4 is 29.1 Å². The van der Waals surface area contributed by atoms with Crippen LogP contribution in [-0.2, 0) is 16.0 Å². The topological polar surface area (TPSA) is 106 Å². The number of amides is 2. The summed E-state index contributed by atoms with van der Waals surface area (Å²) in [5, 5.41) is 5.86. The summed E-state index contributed by atoms with van der Waals surface area (Å²) in [6, 6.07) is 13.5. The molecule has 0 saturated heterocycles. The van der Waals surface area contributed by atoms with Crippen LogP contribution in [0.3, 0.4) is 0 Å². The van der Waals surface area contributed by atoms with E-state index in [1.54, 1.807) is 13.2 Å². The molecular weight excluding hydrogens is 488 g/mol. The second-order valence-corrected chi connectivity index (χ2v) is 9.44. The van der Waals surface area contributed by atoms with E-state index in [-0.39, 0.29) is 12.1 Å². The monoisotopic (exact) mass is 518 g/mol. The van der Waals surface area contributed by atoms with Gasteiger partial charge in [0.1, 0.15) is 5.57 Å². The lowest BCUT2D eigenvalue weighted by Crippen LogP contribution is -2.29. The quantitative estimate of drug-likeness (QED) is 0.232. The highest BCUT2D eigenvalue weighted by molar-refractivity contribution is 6.36. The van der Waals surface area contributed by atoms with E-state index >= 15 is 0 Å². The zero-order chi connectivity index (χ0) is 26.7. The van der Waals surface area contributed by atoms with E-state index < -0.39 is 11.8 Å². The van der Waals surface area contributed by atoms with E-state index in [0.29, 0.717) is 22.5 Å². The van der Waals surface area contributed by atoms with Gasteiger partial charge < -0.3 is 21.1 Å². The first-order valence-corrected chi connectivity index (χ1v) is 12.6. The van der Waals surface area contributed by atoms with Crippen molar-refractivity contribution in [1.82, 2.24) is 10.3 Å². The summed E-state index contributed by atoms with van der Waals surface area (Å²) in [4.78, 5) is 29.8. The van der Waals surface area contributed by atoms with E-state index in [2.05, 4.69) is 23.6 Å². The summed E-state index contributed by atoms with van der Waals surface area (Å²) in [5.74, 6) is 0.0302. The molecule has 37 heavy (non-hydrogen) atoms. The summed E-state index contributed by atoms with van der Waals surface area (Å²) in [7, 11) is 3.11. The summed E-state index contributed by atoms with van der Waals surface area (Å²) in [6.45, 7) is 4.16. The number of nitrogens with two attached hydrogens (primary N) is 1. The number of likely N-dealkylation sites (N-methyl/N-ethyl adjacent to an activating group) is 1. The molecule has 1 atom stereocenters. The minimum atomic E-state index is -0.534. The van der Waals surface area contributed by atoms with Gasteiger partial charge in [0.15, 0.2) is 0 Å². The van der Waals surface area contributed by atoms with E-state index in [4.69, 9.17) is 27.1 Å². The third-order valence-corrected chi connectivity index (χ3v) is 7.23. The third-order valence-electron chi connectivity index (χ3n) is 6.83. The fourth-order valence-electron chi connectivity index (χ4n) is 4.86. The molecule has 0 bridgehead atoms. The first kappa shape index (κ1) is 26.4. The molecule has 1 unspecified atom stereocenters. The summed E-state index contributed by atoms with van der Waals surface area (Å²) in [6.07, 6.45) is 3.45. The predicted molar refractivity (Wildman–Crippen MR) is 148 cm³/mol. The van der Waals surface area contributed by atoms with Crippen LogP contribution in [0.1, 0.15) is 36.0 Å². The number of pyridine rings is 1. The number of benzene rings is 2. The summed E-state index contributed by atoms with van der Waals surface area (Å²) in [5.41, 5.74) is 12.6. The van der Waals surface area contributed by atoms with Crippen LogP contribution in [0.2, 0.25) is 5.02 Å². The summed E-state index contributed by atoms with van der Waals surface area (Å²) < 4.78 is 5.64. The number of carbonyl (C=O) groups excluding carboxylic acids is 2. The molecule has 8 heteroatoms. The van der Waals surface area contributed by atoms with Gasteiger partial charge in [0, 0.05) is 36.0 Å². The van der Waals surface area contributed by atoms with E-state index in [9.17, 15) is 9.59 Å². The Labute approximate surface area is 222 Å². The highest BCUT2D eigenvalue weighted by Crippen LogP contribution is 2.43. The van der Waals surface area contributed by atoms with Crippen LogP contribution >= 0.6 is 11.6 Å². The Morgan fingerprint density at radius 2 is 1.86 bits per heavy atom. The highest BCUT2D eigenvalue weighted by Gasteiger charge is 2.26. The fourth-order valence-corrected chi connectivity index (χ4v) is 5.18. The lowest BCUT2D eigenvalue weighted by Gasteiger charge is -2.17. The van der Waals surface area contributed by atoms with E-state index in [1.165, 1.54) is 24.3 Å². The largest absolute Gasteiger partial charge is 0.481 e. The third kappa shape index (κ3) is 5.10. The van der Waals surface area contributed by atoms with Gasteiger partial charge in [0.05, 0.1) is 17.8 Å². The number of nitrogens with one attached hydrogen (secondary N) is 2. The Hall–Kier alpha value is -3.68. The standard InChI is InChI=1S/C29H31ClN4O3/c1-16-11-12-18-15-24(34-29(37-4)25(16)18)21-9-5-8-20(26(21)30)19-7-6-10-23(17(19)2)33-28(36)22(13-14-31)27(35)32-3/h5-10,13,15-16H,11-12,14,31H2,1-4H3,(H,32,35)(H,33,36)/b22-13+. The van der Waals surface area contributed by atoms with Gasteiger partial charge in [0.2, 0.25) is 5.88 Å². The molecule has 0 fully saturated rings. The smallest absolute Gasteiger partial charge is 0.260 e. The van der Waals surface area contributed by atoms with Crippen molar-refractivity contribution in [2.75, 3.05) is 26.0 Å². The zero-order valence-electron chi connectivity index (χ0n) is 21.4. The van der Waals surface area contributed by atoms with Crippen molar-refractivity contribution in [2.24, 2.45) is 5.73 Å². The molecule has 1 aliphatic carbocycles. The van der Waals surface area contributed by atoms with Gasteiger partial charge in [-0.25, -0.2) is 4.98 Å². The molecular formula is C29H31ClN4O3.